The summed E-state index contributed by atoms with van der Waals surface area (Å²) in [7, 11) is 0. The Morgan fingerprint density at radius 2 is 2.25 bits per heavy atom. The molecule has 1 N–H and O–H groups in total. The number of hydrogen-bond donors (Lipinski definition) is 1. The smallest absolute Gasteiger partial charge is 0.309 e. The van der Waals surface area contributed by atoms with Gasteiger partial charge in [0.15, 0.2) is 0 Å². The van der Waals surface area contributed by atoms with Gasteiger partial charge in [-0.1, -0.05) is 17.7 Å². The van der Waals surface area contributed by atoms with Crippen molar-refractivity contribution in [3.63, 3.8) is 0 Å². The number of aliphatic carboxylic acids is 1. The summed E-state index contributed by atoms with van der Waals surface area (Å²) in [6, 6.07) is 6.08. The molecule has 0 aliphatic carbocycles. The average molecular weight is 291 g/mol. The van der Waals surface area contributed by atoms with Gasteiger partial charge in [0.1, 0.15) is 5.75 Å². The molecule has 5 heteroatoms. The molecule has 2 aromatic rings. The number of aryl methyl sites for hydroxylation is 1. The normalized spacial score (nSPS) is 10.5. The number of carboxylic acids is 1. The van der Waals surface area contributed by atoms with Crippen LogP contribution < -0.4 is 4.74 Å². The van der Waals surface area contributed by atoms with Crippen molar-refractivity contribution in [3.8, 4) is 5.75 Å². The first-order chi connectivity index (χ1) is 9.58. The van der Waals surface area contributed by atoms with E-state index >= 15 is 0 Å². The van der Waals surface area contributed by atoms with Crippen molar-refractivity contribution in [3.05, 3.63) is 45.4 Å². The van der Waals surface area contributed by atoms with Gasteiger partial charge in [-0.3, -0.25) is 4.79 Å². The minimum absolute atomic E-state index is 0.0252. The van der Waals surface area contributed by atoms with E-state index in [0.29, 0.717) is 18.7 Å². The molecule has 0 fully saturated rings. The van der Waals surface area contributed by atoms with E-state index in [1.807, 2.05) is 26.0 Å². The van der Waals surface area contributed by atoms with Crippen molar-refractivity contribution in [2.75, 3.05) is 6.61 Å². The predicted octanol–water partition coefficient (Wildman–Crippen LogP) is 3.07. The molecule has 0 spiro atoms. The minimum atomic E-state index is -0.854. The third kappa shape index (κ3) is 3.81. The molecule has 0 atom stereocenters. The van der Waals surface area contributed by atoms with Gasteiger partial charge in [0.25, 0.3) is 0 Å². The maximum absolute atomic E-state index is 10.7. The van der Waals surface area contributed by atoms with Gasteiger partial charge in [0.2, 0.25) is 0 Å². The number of aromatic nitrogens is 1. The number of hydrogen-bond acceptors (Lipinski definition) is 4. The zero-order valence-electron chi connectivity index (χ0n) is 11.5. The van der Waals surface area contributed by atoms with Crippen LogP contribution in [-0.2, 0) is 17.6 Å². The fourth-order valence-corrected chi connectivity index (χ4v) is 2.79. The molecular formula is C15H17NO3S. The van der Waals surface area contributed by atoms with Crippen LogP contribution >= 0.6 is 11.3 Å². The van der Waals surface area contributed by atoms with E-state index in [2.05, 4.69) is 11.1 Å². The molecular weight excluding hydrogens is 274 g/mol. The molecule has 106 valence electrons. The summed E-state index contributed by atoms with van der Waals surface area (Å²) < 4.78 is 5.62. The second-order valence-corrected chi connectivity index (χ2v) is 5.47. The van der Waals surface area contributed by atoms with E-state index in [1.165, 1.54) is 16.9 Å². The number of carboxylic acid groups (broad SMARTS) is 1. The Balaban J connectivity index is 2.18. The average Bonchev–Trinajstić information content (AvgIpc) is 2.79. The molecule has 4 nitrogen and oxygen atoms in total. The van der Waals surface area contributed by atoms with Crippen LogP contribution in [0.25, 0.3) is 0 Å². The summed E-state index contributed by atoms with van der Waals surface area (Å²) in [5, 5.41) is 11.5. The van der Waals surface area contributed by atoms with Gasteiger partial charge in [0.05, 0.1) is 23.7 Å². The summed E-state index contributed by atoms with van der Waals surface area (Å²) in [4.78, 5) is 15.0. The van der Waals surface area contributed by atoms with Gasteiger partial charge < -0.3 is 9.84 Å². The first-order valence-corrected chi connectivity index (χ1v) is 7.34. The fourth-order valence-electron chi connectivity index (χ4n) is 1.97. The highest BCUT2D eigenvalue weighted by Crippen LogP contribution is 2.24. The van der Waals surface area contributed by atoms with E-state index in [4.69, 9.17) is 9.84 Å². The standard InChI is InChI=1S/C15H17NO3S/c1-3-19-13-5-4-10(2)6-11(13)7-14-16-12(9-20-14)8-15(17)18/h4-6,9H,3,7-8H2,1-2H3,(H,17,18). The third-order valence-corrected chi connectivity index (χ3v) is 3.69. The van der Waals surface area contributed by atoms with Crippen LogP contribution in [0.5, 0.6) is 5.75 Å². The van der Waals surface area contributed by atoms with E-state index in [9.17, 15) is 4.79 Å². The first kappa shape index (κ1) is 14.5. The van der Waals surface area contributed by atoms with Gasteiger partial charge in [-0.2, -0.15) is 0 Å². The van der Waals surface area contributed by atoms with Gasteiger partial charge in [-0.15, -0.1) is 11.3 Å². The third-order valence-electron chi connectivity index (χ3n) is 2.79. The second kappa shape index (κ2) is 6.52. The van der Waals surface area contributed by atoms with Crippen molar-refractivity contribution in [1.29, 1.82) is 0 Å². The highest BCUT2D eigenvalue weighted by molar-refractivity contribution is 7.09. The Hall–Kier alpha value is -1.88. The maximum atomic E-state index is 10.7. The second-order valence-electron chi connectivity index (χ2n) is 4.52. The lowest BCUT2D eigenvalue weighted by Crippen LogP contribution is -2.01. The molecule has 0 saturated heterocycles. The summed E-state index contributed by atoms with van der Waals surface area (Å²) in [5.41, 5.74) is 2.87. The molecule has 0 amide bonds. The first-order valence-electron chi connectivity index (χ1n) is 6.46. The zero-order chi connectivity index (χ0) is 14.5. The number of ether oxygens (including phenoxy) is 1. The van der Waals surface area contributed by atoms with Gasteiger partial charge in [-0.25, -0.2) is 4.98 Å². The molecule has 0 radical (unpaired) electrons. The molecule has 20 heavy (non-hydrogen) atoms. The van der Waals surface area contributed by atoms with Crippen molar-refractivity contribution < 1.29 is 14.6 Å². The van der Waals surface area contributed by atoms with Gasteiger partial charge in [-0.05, 0) is 19.9 Å². The Labute approximate surface area is 122 Å². The molecule has 0 aliphatic heterocycles. The minimum Gasteiger partial charge on any atom is -0.494 e. The van der Waals surface area contributed by atoms with Crippen molar-refractivity contribution in [2.24, 2.45) is 0 Å². The number of rotatable bonds is 6. The summed E-state index contributed by atoms with van der Waals surface area (Å²) in [6.07, 6.45) is 0.643. The Morgan fingerprint density at radius 3 is 2.95 bits per heavy atom. The fraction of sp³-hybridized carbons (Fsp3) is 0.333. The molecule has 1 heterocycles. The van der Waals surface area contributed by atoms with E-state index in [1.54, 1.807) is 5.38 Å². The van der Waals surface area contributed by atoms with Gasteiger partial charge >= 0.3 is 5.97 Å². The number of benzene rings is 1. The Kier molecular flexibility index (Phi) is 4.74. The van der Waals surface area contributed by atoms with Crippen molar-refractivity contribution in [1.82, 2.24) is 4.98 Å². The molecule has 0 unspecified atom stereocenters. The lowest BCUT2D eigenvalue weighted by molar-refractivity contribution is -0.136. The summed E-state index contributed by atoms with van der Waals surface area (Å²) in [5.74, 6) is 0.0143. The lowest BCUT2D eigenvalue weighted by Gasteiger charge is -2.10. The Morgan fingerprint density at radius 1 is 1.45 bits per heavy atom. The highest BCUT2D eigenvalue weighted by atomic mass is 32.1. The number of thiazole rings is 1. The van der Waals surface area contributed by atoms with E-state index < -0.39 is 5.97 Å². The monoisotopic (exact) mass is 291 g/mol. The molecule has 2 rings (SSSR count). The zero-order valence-corrected chi connectivity index (χ0v) is 12.4. The topological polar surface area (TPSA) is 59.4 Å². The van der Waals surface area contributed by atoms with E-state index in [-0.39, 0.29) is 6.42 Å². The summed E-state index contributed by atoms with van der Waals surface area (Å²) in [6.45, 7) is 4.62. The maximum Gasteiger partial charge on any atom is 0.309 e. The largest absolute Gasteiger partial charge is 0.494 e. The number of nitrogens with zero attached hydrogens (tertiary/aromatic N) is 1. The molecule has 1 aromatic heterocycles. The number of carbonyl (C=O) groups is 1. The molecule has 0 bridgehead atoms. The van der Waals surface area contributed by atoms with Crippen LogP contribution in [-0.4, -0.2) is 22.7 Å². The van der Waals surface area contributed by atoms with Crippen LogP contribution in [0.2, 0.25) is 0 Å². The highest BCUT2D eigenvalue weighted by Gasteiger charge is 2.10. The van der Waals surface area contributed by atoms with Crippen LogP contribution in [0, 0.1) is 6.92 Å². The SMILES string of the molecule is CCOc1ccc(C)cc1Cc1nc(CC(=O)O)cs1. The van der Waals surface area contributed by atoms with Crippen molar-refractivity contribution in [2.45, 2.75) is 26.7 Å². The lowest BCUT2D eigenvalue weighted by atomic mass is 10.1. The predicted molar refractivity (Wildman–Crippen MR) is 78.6 cm³/mol. The summed E-state index contributed by atoms with van der Waals surface area (Å²) >= 11 is 1.49. The quantitative estimate of drug-likeness (QED) is 0.888. The van der Waals surface area contributed by atoms with Crippen LogP contribution in [0.4, 0.5) is 0 Å². The van der Waals surface area contributed by atoms with Crippen LogP contribution in [0.15, 0.2) is 23.6 Å². The van der Waals surface area contributed by atoms with Crippen LogP contribution in [0.3, 0.4) is 0 Å². The molecule has 1 aromatic carbocycles. The molecule has 0 saturated carbocycles. The van der Waals surface area contributed by atoms with Crippen LogP contribution in [0.1, 0.15) is 28.8 Å². The van der Waals surface area contributed by atoms with E-state index in [0.717, 1.165) is 16.3 Å². The van der Waals surface area contributed by atoms with Gasteiger partial charge in [0, 0.05) is 17.4 Å². The Bertz CT molecular complexity index is 607. The van der Waals surface area contributed by atoms with Crippen molar-refractivity contribution >= 4 is 17.3 Å². The molecule has 0 aliphatic rings.